The molecule has 3 rings (SSSR count). The van der Waals surface area contributed by atoms with E-state index in [0.717, 1.165) is 33.4 Å². The summed E-state index contributed by atoms with van der Waals surface area (Å²) >= 11 is 4.83. The highest BCUT2D eigenvalue weighted by atomic mass is 79.9. The predicted octanol–water partition coefficient (Wildman–Crippen LogP) is 3.65. The molecular formula is C14H15BrN2OS. The number of rotatable bonds is 3. The third-order valence-electron chi connectivity index (χ3n) is 3.97. The molecule has 0 bridgehead atoms. The number of benzene rings is 1. The molecule has 1 atom stereocenters. The van der Waals surface area contributed by atoms with Gasteiger partial charge in [-0.3, -0.25) is 0 Å². The zero-order valence-corrected chi connectivity index (χ0v) is 13.0. The van der Waals surface area contributed by atoms with Crippen molar-refractivity contribution in [3.05, 3.63) is 44.9 Å². The number of nitrogens with zero attached hydrogens (tertiary/aromatic N) is 2. The van der Waals surface area contributed by atoms with Gasteiger partial charge < -0.3 is 5.11 Å². The van der Waals surface area contributed by atoms with E-state index >= 15 is 0 Å². The van der Waals surface area contributed by atoms with Crippen LogP contribution in [0.15, 0.2) is 28.7 Å². The Morgan fingerprint density at radius 3 is 2.74 bits per heavy atom. The van der Waals surface area contributed by atoms with Crippen LogP contribution in [0.4, 0.5) is 0 Å². The summed E-state index contributed by atoms with van der Waals surface area (Å²) in [5.41, 5.74) is 0.627. The third kappa shape index (κ3) is 2.14. The van der Waals surface area contributed by atoms with E-state index in [1.165, 1.54) is 18.0 Å². The largest absolute Gasteiger partial charge is 0.378 e. The molecule has 5 heteroatoms. The minimum atomic E-state index is -1.00. The van der Waals surface area contributed by atoms with Crippen LogP contribution in [-0.2, 0) is 5.60 Å². The van der Waals surface area contributed by atoms with Crippen LogP contribution < -0.4 is 0 Å². The van der Waals surface area contributed by atoms with Gasteiger partial charge in [-0.1, -0.05) is 39.0 Å². The molecule has 1 aromatic heterocycles. The number of hydrogen-bond acceptors (Lipinski definition) is 4. The second-order valence-electron chi connectivity index (χ2n) is 5.08. The number of aromatic nitrogens is 2. The number of aryl methyl sites for hydroxylation is 1. The first-order valence-electron chi connectivity index (χ1n) is 6.40. The average Bonchev–Trinajstić information content (AvgIpc) is 2.73. The minimum absolute atomic E-state index is 0.240. The summed E-state index contributed by atoms with van der Waals surface area (Å²) in [6.45, 7) is 1.97. The molecule has 2 aromatic rings. The monoisotopic (exact) mass is 338 g/mol. The molecule has 1 fully saturated rings. The summed E-state index contributed by atoms with van der Waals surface area (Å²) in [5.74, 6) is 0.240. The smallest absolute Gasteiger partial charge is 0.137 e. The fourth-order valence-electron chi connectivity index (χ4n) is 2.70. The molecule has 0 saturated heterocycles. The second kappa shape index (κ2) is 4.96. The van der Waals surface area contributed by atoms with Crippen molar-refractivity contribution in [3.8, 4) is 0 Å². The Balaban J connectivity index is 2.14. The van der Waals surface area contributed by atoms with Crippen LogP contribution in [0.2, 0.25) is 0 Å². The Kier molecular flexibility index (Phi) is 3.45. The van der Waals surface area contributed by atoms with Gasteiger partial charge >= 0.3 is 0 Å². The Bertz CT molecular complexity index is 597. The molecule has 1 aliphatic rings. The van der Waals surface area contributed by atoms with Crippen LogP contribution in [-0.4, -0.2) is 14.7 Å². The first kappa shape index (κ1) is 13.2. The number of aliphatic hydroxyl groups is 1. The van der Waals surface area contributed by atoms with E-state index in [1.807, 2.05) is 31.2 Å². The van der Waals surface area contributed by atoms with E-state index in [2.05, 4.69) is 25.5 Å². The molecule has 1 N–H and O–H groups in total. The van der Waals surface area contributed by atoms with Gasteiger partial charge in [-0.2, -0.15) is 0 Å². The van der Waals surface area contributed by atoms with Gasteiger partial charge in [-0.15, -0.1) is 5.10 Å². The molecule has 1 saturated carbocycles. The fourth-order valence-corrected chi connectivity index (χ4v) is 3.63. The van der Waals surface area contributed by atoms with Crippen molar-refractivity contribution in [1.29, 1.82) is 0 Å². The van der Waals surface area contributed by atoms with Gasteiger partial charge in [0.1, 0.15) is 11.3 Å². The van der Waals surface area contributed by atoms with Crippen LogP contribution in [0.5, 0.6) is 0 Å². The van der Waals surface area contributed by atoms with Crippen molar-refractivity contribution >= 4 is 27.5 Å². The molecule has 0 aliphatic heterocycles. The maximum atomic E-state index is 11.4. The number of halogens is 1. The van der Waals surface area contributed by atoms with Gasteiger partial charge in [0.05, 0.1) is 0 Å². The van der Waals surface area contributed by atoms with Gasteiger partial charge in [0, 0.05) is 9.35 Å². The normalized spacial score (nSPS) is 18.9. The molecule has 0 amide bonds. The Hall–Kier alpha value is -0.780. The van der Waals surface area contributed by atoms with Crippen molar-refractivity contribution in [2.24, 2.45) is 5.92 Å². The molecule has 3 nitrogen and oxygen atoms in total. The predicted molar refractivity (Wildman–Crippen MR) is 79.1 cm³/mol. The molecule has 0 spiro atoms. The lowest BCUT2D eigenvalue weighted by Gasteiger charge is -2.41. The maximum absolute atomic E-state index is 11.4. The van der Waals surface area contributed by atoms with Crippen LogP contribution >= 0.6 is 27.5 Å². The average molecular weight is 339 g/mol. The summed E-state index contributed by atoms with van der Waals surface area (Å²) in [6.07, 6.45) is 3.26. The van der Waals surface area contributed by atoms with Crippen LogP contribution in [0.25, 0.3) is 0 Å². The molecule has 1 heterocycles. The molecule has 1 aliphatic carbocycles. The SMILES string of the molecule is Cc1snnc1C(O)(c1cccc(Br)c1)C1CCC1. The van der Waals surface area contributed by atoms with Crippen molar-refractivity contribution in [2.75, 3.05) is 0 Å². The van der Waals surface area contributed by atoms with Gasteiger partial charge in [-0.05, 0) is 54.9 Å². The van der Waals surface area contributed by atoms with Crippen molar-refractivity contribution in [2.45, 2.75) is 31.8 Å². The molecule has 1 aromatic carbocycles. The highest BCUT2D eigenvalue weighted by molar-refractivity contribution is 9.10. The van der Waals surface area contributed by atoms with E-state index in [0.29, 0.717) is 0 Å². The molecule has 19 heavy (non-hydrogen) atoms. The van der Waals surface area contributed by atoms with Crippen LogP contribution in [0.3, 0.4) is 0 Å². The summed E-state index contributed by atoms with van der Waals surface area (Å²) in [4.78, 5) is 0.995. The van der Waals surface area contributed by atoms with E-state index in [-0.39, 0.29) is 5.92 Å². The topological polar surface area (TPSA) is 46.0 Å². The Morgan fingerprint density at radius 2 is 2.21 bits per heavy atom. The number of hydrogen-bond donors (Lipinski definition) is 1. The van der Waals surface area contributed by atoms with Gasteiger partial charge in [0.25, 0.3) is 0 Å². The standard InChI is InChI=1S/C14H15BrN2OS/c1-9-13(16-17-19-9)14(18,10-4-2-5-10)11-6-3-7-12(15)8-11/h3,6-8,10,18H,2,4-5H2,1H3. The van der Waals surface area contributed by atoms with E-state index < -0.39 is 5.60 Å². The molecule has 0 radical (unpaired) electrons. The lowest BCUT2D eigenvalue weighted by Crippen LogP contribution is -2.41. The van der Waals surface area contributed by atoms with E-state index in [9.17, 15) is 5.11 Å². The maximum Gasteiger partial charge on any atom is 0.137 e. The van der Waals surface area contributed by atoms with E-state index in [1.54, 1.807) is 0 Å². The Morgan fingerprint density at radius 1 is 1.42 bits per heavy atom. The van der Waals surface area contributed by atoms with Crippen LogP contribution in [0.1, 0.15) is 35.4 Å². The van der Waals surface area contributed by atoms with Gasteiger partial charge in [0.15, 0.2) is 0 Å². The first-order valence-corrected chi connectivity index (χ1v) is 7.97. The molecule has 1 unspecified atom stereocenters. The summed E-state index contributed by atoms with van der Waals surface area (Å²) in [5, 5.41) is 15.6. The molecule has 100 valence electrons. The Labute approximate surface area is 125 Å². The van der Waals surface area contributed by atoms with Crippen molar-refractivity contribution in [3.63, 3.8) is 0 Å². The highest BCUT2D eigenvalue weighted by Crippen LogP contribution is 2.47. The quantitative estimate of drug-likeness (QED) is 0.929. The summed E-state index contributed by atoms with van der Waals surface area (Å²) in [7, 11) is 0. The van der Waals surface area contributed by atoms with Gasteiger partial charge in [-0.25, -0.2) is 0 Å². The first-order chi connectivity index (χ1) is 9.12. The lowest BCUT2D eigenvalue weighted by atomic mass is 9.68. The van der Waals surface area contributed by atoms with Crippen molar-refractivity contribution in [1.82, 2.24) is 9.59 Å². The van der Waals surface area contributed by atoms with Crippen LogP contribution in [0, 0.1) is 12.8 Å². The lowest BCUT2D eigenvalue weighted by molar-refractivity contribution is -0.0239. The zero-order valence-electron chi connectivity index (χ0n) is 10.6. The summed E-state index contributed by atoms with van der Waals surface area (Å²) < 4.78 is 4.97. The third-order valence-corrected chi connectivity index (χ3v) is 5.10. The second-order valence-corrected chi connectivity index (χ2v) is 6.96. The summed E-state index contributed by atoms with van der Waals surface area (Å²) in [6, 6.07) is 7.88. The molecular weight excluding hydrogens is 324 g/mol. The van der Waals surface area contributed by atoms with Crippen molar-refractivity contribution < 1.29 is 5.11 Å². The van der Waals surface area contributed by atoms with Gasteiger partial charge in [0.2, 0.25) is 0 Å². The van der Waals surface area contributed by atoms with E-state index in [4.69, 9.17) is 0 Å². The minimum Gasteiger partial charge on any atom is -0.378 e. The highest BCUT2D eigenvalue weighted by Gasteiger charge is 2.46. The zero-order chi connectivity index (χ0) is 13.5. The fraction of sp³-hybridized carbons (Fsp3) is 0.429.